The average Bonchev–Trinajstić information content (AvgIpc) is 3.19. The van der Waals surface area contributed by atoms with Gasteiger partial charge in [-0.05, 0) is 62.1 Å². The van der Waals surface area contributed by atoms with Crippen LogP contribution in [0.1, 0.15) is 47.6 Å². The lowest BCUT2D eigenvalue weighted by Crippen LogP contribution is -2.45. The summed E-state index contributed by atoms with van der Waals surface area (Å²) in [6.07, 6.45) is 14.1. The SMILES string of the molecule is CC(C)=C/C=C(\c1cc(C)ccc1C)c1cnn2cc(N3CC(c4ccncc4)C3)cnc12. The fraction of sp³-hybridized carbons (Fsp3) is 0.250. The molecule has 0 atom stereocenters. The van der Waals surface area contributed by atoms with Crippen molar-refractivity contribution in [3.63, 3.8) is 0 Å². The summed E-state index contributed by atoms with van der Waals surface area (Å²) in [5.41, 5.74) is 10.5. The minimum absolute atomic E-state index is 0.541. The van der Waals surface area contributed by atoms with E-state index >= 15 is 0 Å². The van der Waals surface area contributed by atoms with Crippen molar-refractivity contribution in [3.05, 3.63) is 107 Å². The molecule has 5 heteroatoms. The molecule has 0 saturated carbocycles. The minimum atomic E-state index is 0.541. The van der Waals surface area contributed by atoms with Crippen molar-refractivity contribution in [1.29, 1.82) is 0 Å². The normalized spacial score (nSPS) is 14.4. The first-order valence-electron chi connectivity index (χ1n) is 11.4. The predicted octanol–water partition coefficient (Wildman–Crippen LogP) is 5.74. The average molecular weight is 436 g/mol. The van der Waals surface area contributed by atoms with E-state index in [1.165, 1.54) is 27.8 Å². The monoisotopic (exact) mass is 435 g/mol. The zero-order chi connectivity index (χ0) is 22.9. The third-order valence-electron chi connectivity index (χ3n) is 6.32. The number of hydrogen-bond donors (Lipinski definition) is 0. The summed E-state index contributed by atoms with van der Waals surface area (Å²) in [6, 6.07) is 10.8. The molecule has 33 heavy (non-hydrogen) atoms. The van der Waals surface area contributed by atoms with E-state index in [-0.39, 0.29) is 0 Å². The van der Waals surface area contributed by atoms with Gasteiger partial charge < -0.3 is 4.90 Å². The maximum absolute atomic E-state index is 4.85. The maximum atomic E-state index is 4.85. The van der Waals surface area contributed by atoms with Crippen molar-refractivity contribution < 1.29 is 0 Å². The van der Waals surface area contributed by atoms with Crippen LogP contribution in [-0.4, -0.2) is 32.7 Å². The van der Waals surface area contributed by atoms with Gasteiger partial charge in [0.25, 0.3) is 0 Å². The molecule has 166 valence electrons. The van der Waals surface area contributed by atoms with Crippen molar-refractivity contribution >= 4 is 16.9 Å². The topological polar surface area (TPSA) is 46.3 Å². The number of allylic oxidation sites excluding steroid dienone is 3. The van der Waals surface area contributed by atoms with E-state index in [9.17, 15) is 0 Å². The molecule has 1 aliphatic heterocycles. The van der Waals surface area contributed by atoms with Crippen molar-refractivity contribution in [1.82, 2.24) is 19.6 Å². The molecule has 0 bridgehead atoms. The quantitative estimate of drug-likeness (QED) is 0.375. The zero-order valence-electron chi connectivity index (χ0n) is 19.7. The van der Waals surface area contributed by atoms with Crippen LogP contribution in [0.3, 0.4) is 0 Å². The molecule has 0 aliphatic carbocycles. The predicted molar refractivity (Wildman–Crippen MR) is 135 cm³/mol. The molecule has 5 rings (SSSR count). The van der Waals surface area contributed by atoms with Crippen LogP contribution in [0.4, 0.5) is 5.69 Å². The molecule has 5 nitrogen and oxygen atoms in total. The van der Waals surface area contributed by atoms with E-state index < -0.39 is 0 Å². The maximum Gasteiger partial charge on any atom is 0.162 e. The van der Waals surface area contributed by atoms with Crippen LogP contribution in [0.15, 0.2) is 79.0 Å². The van der Waals surface area contributed by atoms with Gasteiger partial charge in [0.1, 0.15) is 0 Å². The second-order valence-corrected chi connectivity index (χ2v) is 9.16. The summed E-state index contributed by atoms with van der Waals surface area (Å²) in [5, 5.41) is 4.68. The molecular formula is C28H29N5. The Kier molecular flexibility index (Phi) is 5.55. The van der Waals surface area contributed by atoms with E-state index in [2.05, 4.69) is 91.4 Å². The van der Waals surface area contributed by atoms with Crippen LogP contribution in [0.2, 0.25) is 0 Å². The highest BCUT2D eigenvalue weighted by Gasteiger charge is 2.29. The zero-order valence-corrected chi connectivity index (χ0v) is 19.7. The molecule has 0 amide bonds. The highest BCUT2D eigenvalue weighted by Crippen LogP contribution is 2.33. The summed E-state index contributed by atoms with van der Waals surface area (Å²) in [7, 11) is 0. The Bertz CT molecular complexity index is 1350. The van der Waals surface area contributed by atoms with Gasteiger partial charge in [-0.25, -0.2) is 9.50 Å². The Labute approximate surface area is 195 Å². The van der Waals surface area contributed by atoms with Gasteiger partial charge in [0.15, 0.2) is 5.65 Å². The van der Waals surface area contributed by atoms with E-state index in [4.69, 9.17) is 4.98 Å². The molecule has 4 aromatic rings. The smallest absolute Gasteiger partial charge is 0.162 e. The Morgan fingerprint density at radius 3 is 2.52 bits per heavy atom. The van der Waals surface area contributed by atoms with Crippen molar-refractivity contribution in [3.8, 4) is 0 Å². The Hall–Kier alpha value is -3.73. The van der Waals surface area contributed by atoms with Crippen LogP contribution in [-0.2, 0) is 0 Å². The van der Waals surface area contributed by atoms with E-state index in [0.717, 1.165) is 35.6 Å². The third kappa shape index (κ3) is 4.19. The lowest BCUT2D eigenvalue weighted by molar-refractivity contribution is 0.523. The van der Waals surface area contributed by atoms with Crippen molar-refractivity contribution in [2.45, 2.75) is 33.6 Å². The van der Waals surface area contributed by atoms with Gasteiger partial charge in [0, 0.05) is 37.0 Å². The minimum Gasteiger partial charge on any atom is -0.368 e. The Morgan fingerprint density at radius 2 is 1.76 bits per heavy atom. The molecule has 3 aromatic heterocycles. The lowest BCUT2D eigenvalue weighted by Gasteiger charge is -2.41. The molecule has 1 fully saturated rings. The summed E-state index contributed by atoms with van der Waals surface area (Å²) >= 11 is 0. The van der Waals surface area contributed by atoms with Gasteiger partial charge >= 0.3 is 0 Å². The second kappa shape index (κ2) is 8.66. The number of aromatic nitrogens is 4. The second-order valence-electron chi connectivity index (χ2n) is 9.16. The number of nitrogens with zero attached hydrogens (tertiary/aromatic N) is 5. The van der Waals surface area contributed by atoms with E-state index in [1.54, 1.807) is 0 Å². The van der Waals surface area contributed by atoms with E-state index in [0.29, 0.717) is 5.92 Å². The number of hydrogen-bond acceptors (Lipinski definition) is 4. The number of rotatable bonds is 5. The highest BCUT2D eigenvalue weighted by molar-refractivity contribution is 5.88. The molecule has 1 aromatic carbocycles. The van der Waals surface area contributed by atoms with Crippen LogP contribution in [0.25, 0.3) is 11.2 Å². The molecule has 0 radical (unpaired) electrons. The van der Waals surface area contributed by atoms with Gasteiger partial charge in [0.05, 0.1) is 24.3 Å². The van der Waals surface area contributed by atoms with Crippen molar-refractivity contribution in [2.24, 2.45) is 0 Å². The van der Waals surface area contributed by atoms with Gasteiger partial charge in [-0.15, -0.1) is 0 Å². The molecule has 1 aliphatic rings. The van der Waals surface area contributed by atoms with Gasteiger partial charge in [-0.2, -0.15) is 5.10 Å². The molecule has 0 unspecified atom stereocenters. The lowest BCUT2D eigenvalue weighted by atomic mass is 9.92. The van der Waals surface area contributed by atoms with E-state index in [1.807, 2.05) is 29.3 Å². The summed E-state index contributed by atoms with van der Waals surface area (Å²) in [4.78, 5) is 11.3. The first-order valence-corrected chi connectivity index (χ1v) is 11.4. The summed E-state index contributed by atoms with van der Waals surface area (Å²) in [5.74, 6) is 0.541. The Morgan fingerprint density at radius 1 is 0.970 bits per heavy atom. The first-order chi connectivity index (χ1) is 16.0. The van der Waals surface area contributed by atoms with Gasteiger partial charge in [-0.3, -0.25) is 4.98 Å². The largest absolute Gasteiger partial charge is 0.368 e. The summed E-state index contributed by atoms with van der Waals surface area (Å²) in [6.45, 7) is 10.5. The molecule has 1 saturated heterocycles. The van der Waals surface area contributed by atoms with Crippen LogP contribution in [0, 0.1) is 13.8 Å². The summed E-state index contributed by atoms with van der Waals surface area (Å²) < 4.78 is 1.91. The van der Waals surface area contributed by atoms with Gasteiger partial charge in [-0.1, -0.05) is 41.5 Å². The van der Waals surface area contributed by atoms with Gasteiger partial charge in [0.2, 0.25) is 0 Å². The number of aryl methyl sites for hydroxylation is 2. The molecule has 0 N–H and O–H groups in total. The number of fused-ring (bicyclic) bond motifs is 1. The Balaban J connectivity index is 1.48. The number of pyridine rings is 1. The van der Waals surface area contributed by atoms with Crippen LogP contribution in [0.5, 0.6) is 0 Å². The standard InChI is InChI=1S/C28H29N5/c1-19(2)5-8-25(26-13-20(3)6-7-21(26)4)27-15-31-33-18-24(14-30-28(27)33)32-16-23(17-32)22-9-11-29-12-10-22/h5-15,18,23H,16-17H2,1-4H3/b25-8+. The number of anilines is 1. The number of benzene rings is 1. The third-order valence-corrected chi connectivity index (χ3v) is 6.32. The van der Waals surface area contributed by atoms with Crippen LogP contribution >= 0.6 is 0 Å². The highest BCUT2D eigenvalue weighted by atomic mass is 15.3. The fourth-order valence-electron chi connectivity index (χ4n) is 4.35. The molecule has 0 spiro atoms. The first kappa shape index (κ1) is 21.1. The fourth-order valence-corrected chi connectivity index (χ4v) is 4.35. The van der Waals surface area contributed by atoms with Crippen molar-refractivity contribution in [2.75, 3.05) is 18.0 Å². The molecule has 4 heterocycles. The molecular weight excluding hydrogens is 406 g/mol. The van der Waals surface area contributed by atoms with Crippen LogP contribution < -0.4 is 4.90 Å².